The second-order valence-electron chi connectivity index (χ2n) is 4.79. The zero-order valence-electron chi connectivity index (χ0n) is 11.8. The van der Waals surface area contributed by atoms with E-state index in [9.17, 15) is 9.59 Å². The molecule has 5 nitrogen and oxygen atoms in total. The summed E-state index contributed by atoms with van der Waals surface area (Å²) in [7, 11) is 0. The molecule has 1 aromatic carbocycles. The molecule has 110 valence electrons. The summed E-state index contributed by atoms with van der Waals surface area (Å²) in [4.78, 5) is 22.5. The monoisotopic (exact) mass is 306 g/mol. The minimum absolute atomic E-state index is 0.105. The lowest BCUT2D eigenvalue weighted by atomic mass is 10.2. The predicted octanol–water partition coefficient (Wildman–Crippen LogP) is 2.52. The summed E-state index contributed by atoms with van der Waals surface area (Å²) in [6.45, 7) is 3.64. The summed E-state index contributed by atoms with van der Waals surface area (Å²) < 4.78 is 1.62. The van der Waals surface area contributed by atoms with Crippen molar-refractivity contribution in [1.82, 2.24) is 9.78 Å². The van der Waals surface area contributed by atoms with Crippen LogP contribution in [0.2, 0.25) is 5.02 Å². The number of carbonyl (C=O) groups is 1. The smallest absolute Gasteiger partial charge is 0.303 e. The van der Waals surface area contributed by atoms with E-state index in [1.54, 1.807) is 23.7 Å². The largest absolute Gasteiger partial charge is 0.481 e. The summed E-state index contributed by atoms with van der Waals surface area (Å²) in [5.74, 6) is -0.956. The molecular formula is C15H15ClN2O3. The fourth-order valence-electron chi connectivity index (χ4n) is 2.05. The fraction of sp³-hybridized carbons (Fsp3) is 0.267. The van der Waals surface area contributed by atoms with Crippen LogP contribution >= 0.6 is 11.6 Å². The highest BCUT2D eigenvalue weighted by Gasteiger charge is 2.11. The van der Waals surface area contributed by atoms with Crippen LogP contribution in [0.1, 0.15) is 23.4 Å². The molecule has 0 fully saturated rings. The molecule has 0 atom stereocenters. The molecule has 0 unspecified atom stereocenters. The van der Waals surface area contributed by atoms with Gasteiger partial charge in [-0.3, -0.25) is 9.59 Å². The first-order valence-electron chi connectivity index (χ1n) is 6.47. The summed E-state index contributed by atoms with van der Waals surface area (Å²) in [5, 5.41) is 13.6. The van der Waals surface area contributed by atoms with Gasteiger partial charge in [0.05, 0.1) is 12.1 Å². The third-order valence-corrected chi connectivity index (χ3v) is 3.63. The summed E-state index contributed by atoms with van der Waals surface area (Å²) in [6, 6.07) is 6.90. The van der Waals surface area contributed by atoms with Crippen LogP contribution in [0.3, 0.4) is 0 Å². The summed E-state index contributed by atoms with van der Waals surface area (Å²) >= 11 is 6.11. The van der Waals surface area contributed by atoms with Crippen molar-refractivity contribution in [3.8, 4) is 5.69 Å². The first-order chi connectivity index (χ1) is 9.90. The van der Waals surface area contributed by atoms with Gasteiger partial charge in [-0.2, -0.15) is 5.10 Å². The molecule has 1 heterocycles. The molecule has 0 bridgehead atoms. The van der Waals surface area contributed by atoms with Crippen molar-refractivity contribution in [2.24, 2.45) is 0 Å². The highest BCUT2D eigenvalue weighted by atomic mass is 35.5. The Kier molecular flexibility index (Phi) is 4.43. The number of aliphatic carboxylic acids is 1. The number of hydrogen-bond donors (Lipinski definition) is 1. The Labute approximate surface area is 126 Å². The zero-order valence-corrected chi connectivity index (χ0v) is 12.5. The van der Waals surface area contributed by atoms with Crippen LogP contribution in [0.5, 0.6) is 0 Å². The van der Waals surface area contributed by atoms with E-state index in [4.69, 9.17) is 16.7 Å². The van der Waals surface area contributed by atoms with E-state index in [-0.39, 0.29) is 24.0 Å². The Balaban J connectivity index is 2.53. The van der Waals surface area contributed by atoms with Crippen molar-refractivity contribution in [3.05, 3.63) is 56.5 Å². The number of hydrogen-bond acceptors (Lipinski definition) is 3. The van der Waals surface area contributed by atoms with Gasteiger partial charge < -0.3 is 5.11 Å². The molecule has 2 aromatic rings. The van der Waals surface area contributed by atoms with Gasteiger partial charge in [-0.25, -0.2) is 4.68 Å². The van der Waals surface area contributed by atoms with E-state index in [0.29, 0.717) is 10.7 Å². The van der Waals surface area contributed by atoms with Gasteiger partial charge in [0.25, 0.3) is 0 Å². The van der Waals surface area contributed by atoms with Crippen LogP contribution in [0.15, 0.2) is 29.1 Å². The van der Waals surface area contributed by atoms with Crippen molar-refractivity contribution in [3.63, 3.8) is 0 Å². The van der Waals surface area contributed by atoms with E-state index < -0.39 is 5.97 Å². The van der Waals surface area contributed by atoms with Gasteiger partial charge in [-0.05, 0) is 31.5 Å². The fourth-order valence-corrected chi connectivity index (χ4v) is 2.22. The normalized spacial score (nSPS) is 10.6. The topological polar surface area (TPSA) is 72.2 Å². The number of nitrogens with zero attached hydrogens (tertiary/aromatic N) is 2. The maximum absolute atomic E-state index is 11.9. The molecule has 0 aliphatic rings. The molecular weight excluding hydrogens is 292 g/mol. The average Bonchev–Trinajstić information content (AvgIpc) is 2.41. The molecule has 6 heteroatoms. The van der Waals surface area contributed by atoms with Crippen LogP contribution < -0.4 is 5.43 Å². The van der Waals surface area contributed by atoms with E-state index >= 15 is 0 Å². The van der Waals surface area contributed by atoms with Crippen LogP contribution in [0, 0.1) is 13.8 Å². The first-order valence-corrected chi connectivity index (χ1v) is 6.85. The Hall–Kier alpha value is -2.14. The van der Waals surface area contributed by atoms with Crippen molar-refractivity contribution < 1.29 is 9.90 Å². The van der Waals surface area contributed by atoms with Gasteiger partial charge in [0.1, 0.15) is 5.69 Å². The Bertz CT molecular complexity index is 753. The van der Waals surface area contributed by atoms with Gasteiger partial charge in [0, 0.05) is 23.2 Å². The predicted molar refractivity (Wildman–Crippen MR) is 80.3 cm³/mol. The molecule has 0 spiro atoms. The number of carboxylic acid groups (broad SMARTS) is 1. The van der Waals surface area contributed by atoms with Gasteiger partial charge in [-0.15, -0.1) is 0 Å². The third-order valence-electron chi connectivity index (χ3n) is 3.22. The van der Waals surface area contributed by atoms with Gasteiger partial charge in [0.15, 0.2) is 0 Å². The third kappa shape index (κ3) is 3.31. The molecule has 0 aliphatic carbocycles. The number of aryl methyl sites for hydroxylation is 2. The highest BCUT2D eigenvalue weighted by Crippen LogP contribution is 2.22. The Morgan fingerprint density at radius 3 is 2.76 bits per heavy atom. The molecule has 1 aromatic heterocycles. The maximum Gasteiger partial charge on any atom is 0.303 e. The van der Waals surface area contributed by atoms with Gasteiger partial charge in [-0.1, -0.05) is 17.7 Å². The number of aromatic nitrogens is 2. The Morgan fingerprint density at radius 1 is 1.38 bits per heavy atom. The first kappa shape index (κ1) is 15.3. The zero-order chi connectivity index (χ0) is 15.6. The standard InChI is InChI=1S/C15H15ClN2O3/c1-9-8-14(19)12(6-7-15(20)21)17-18(9)13-5-3-4-11(16)10(13)2/h3-5,8H,6-7H2,1-2H3,(H,20,21). The summed E-state index contributed by atoms with van der Waals surface area (Å²) in [6.07, 6.45) is -0.0200. The Morgan fingerprint density at radius 2 is 2.10 bits per heavy atom. The van der Waals surface area contributed by atoms with Crippen molar-refractivity contribution in [1.29, 1.82) is 0 Å². The van der Waals surface area contributed by atoms with Crippen molar-refractivity contribution in [2.75, 3.05) is 0 Å². The lowest BCUT2D eigenvalue weighted by molar-refractivity contribution is -0.136. The lowest BCUT2D eigenvalue weighted by Gasteiger charge is -2.14. The minimum Gasteiger partial charge on any atom is -0.481 e. The SMILES string of the molecule is Cc1c(Cl)cccc1-n1nc(CCC(=O)O)c(=O)cc1C. The molecule has 21 heavy (non-hydrogen) atoms. The van der Waals surface area contributed by atoms with E-state index in [2.05, 4.69) is 5.10 Å². The van der Waals surface area contributed by atoms with Crippen LogP contribution in [0.4, 0.5) is 0 Å². The number of benzene rings is 1. The molecule has 0 amide bonds. The lowest BCUT2D eigenvalue weighted by Crippen LogP contribution is -2.20. The van der Waals surface area contributed by atoms with Crippen LogP contribution in [0.25, 0.3) is 5.69 Å². The molecule has 0 radical (unpaired) electrons. The number of carboxylic acids is 1. The summed E-state index contributed by atoms with van der Waals surface area (Å²) in [5.41, 5.74) is 2.29. The highest BCUT2D eigenvalue weighted by molar-refractivity contribution is 6.31. The maximum atomic E-state index is 11.9. The van der Waals surface area contributed by atoms with Gasteiger partial charge >= 0.3 is 5.97 Å². The molecule has 2 rings (SSSR count). The van der Waals surface area contributed by atoms with E-state index in [0.717, 1.165) is 11.3 Å². The van der Waals surface area contributed by atoms with Crippen molar-refractivity contribution >= 4 is 17.6 Å². The van der Waals surface area contributed by atoms with Crippen molar-refractivity contribution in [2.45, 2.75) is 26.7 Å². The number of halogens is 1. The molecule has 1 N–H and O–H groups in total. The van der Waals surface area contributed by atoms with Gasteiger partial charge in [0.2, 0.25) is 5.43 Å². The average molecular weight is 307 g/mol. The molecule has 0 saturated heterocycles. The number of rotatable bonds is 4. The van der Waals surface area contributed by atoms with E-state index in [1.165, 1.54) is 6.07 Å². The molecule has 0 aliphatic heterocycles. The van der Waals surface area contributed by atoms with Crippen LogP contribution in [-0.2, 0) is 11.2 Å². The second-order valence-corrected chi connectivity index (χ2v) is 5.19. The quantitative estimate of drug-likeness (QED) is 0.942. The second kappa shape index (κ2) is 6.10. The van der Waals surface area contributed by atoms with E-state index in [1.807, 2.05) is 13.0 Å². The molecule has 0 saturated carbocycles. The van der Waals surface area contributed by atoms with Crippen LogP contribution in [-0.4, -0.2) is 20.9 Å². The minimum atomic E-state index is -0.956.